The molecule has 1 rings (SSSR count). The van der Waals surface area contributed by atoms with Gasteiger partial charge in [-0.3, -0.25) is 0 Å². The molecule has 0 unspecified atom stereocenters. The smallest absolute Gasteiger partial charge is 0.407 e. The predicted molar refractivity (Wildman–Crippen MR) is 61.4 cm³/mol. The van der Waals surface area contributed by atoms with Crippen molar-refractivity contribution >= 4 is 6.09 Å². The molecule has 5 nitrogen and oxygen atoms in total. The minimum absolute atomic E-state index is 0.0774. The van der Waals surface area contributed by atoms with Gasteiger partial charge in [-0.15, -0.1) is 0 Å². The maximum Gasteiger partial charge on any atom is 0.407 e. The third-order valence-electron chi connectivity index (χ3n) is 2.36. The molecule has 1 fully saturated rings. The van der Waals surface area contributed by atoms with Crippen LogP contribution in [0.3, 0.4) is 0 Å². The van der Waals surface area contributed by atoms with Gasteiger partial charge in [-0.05, 0) is 27.2 Å². The van der Waals surface area contributed by atoms with E-state index in [1.54, 1.807) is 7.11 Å². The molecule has 0 spiro atoms. The zero-order valence-corrected chi connectivity index (χ0v) is 10.5. The van der Waals surface area contributed by atoms with E-state index in [1.807, 2.05) is 20.8 Å². The molecule has 5 heteroatoms. The molecule has 0 aliphatic carbocycles. The number of carbonyl (C=O) groups is 1. The molecule has 0 aromatic carbocycles. The van der Waals surface area contributed by atoms with Crippen LogP contribution in [0.15, 0.2) is 0 Å². The second-order valence-electron chi connectivity index (χ2n) is 5.09. The summed E-state index contributed by atoms with van der Waals surface area (Å²) >= 11 is 0. The van der Waals surface area contributed by atoms with Crippen molar-refractivity contribution < 1.29 is 14.3 Å². The highest BCUT2D eigenvalue weighted by atomic mass is 16.6. The highest BCUT2D eigenvalue weighted by molar-refractivity contribution is 5.68. The molecule has 94 valence electrons. The number of piperidine rings is 1. The van der Waals surface area contributed by atoms with Crippen molar-refractivity contribution in [3.63, 3.8) is 0 Å². The lowest BCUT2D eigenvalue weighted by molar-refractivity contribution is 0.0408. The molecule has 1 amide bonds. The van der Waals surface area contributed by atoms with Gasteiger partial charge in [0, 0.05) is 26.2 Å². The van der Waals surface area contributed by atoms with Crippen molar-refractivity contribution in [3.8, 4) is 0 Å². The summed E-state index contributed by atoms with van der Waals surface area (Å²) in [7, 11) is 1.68. The van der Waals surface area contributed by atoms with Crippen molar-refractivity contribution in [1.82, 2.24) is 10.6 Å². The first-order valence-corrected chi connectivity index (χ1v) is 5.64. The van der Waals surface area contributed by atoms with E-state index < -0.39 is 5.60 Å². The molecule has 2 N–H and O–H groups in total. The first kappa shape index (κ1) is 13.3. The van der Waals surface area contributed by atoms with E-state index in [9.17, 15) is 4.79 Å². The van der Waals surface area contributed by atoms with Crippen LogP contribution in [0.4, 0.5) is 4.79 Å². The fourth-order valence-corrected chi connectivity index (χ4v) is 1.67. The SMILES string of the molecule is CO[C@@H]1CNC[C@@H](NC(=O)OC(C)(C)C)C1. The lowest BCUT2D eigenvalue weighted by Gasteiger charge is -2.30. The Kier molecular flexibility index (Phi) is 4.56. The summed E-state index contributed by atoms with van der Waals surface area (Å²) in [5, 5.41) is 6.04. The van der Waals surface area contributed by atoms with Crippen LogP contribution in [0.1, 0.15) is 27.2 Å². The van der Waals surface area contributed by atoms with E-state index in [4.69, 9.17) is 9.47 Å². The zero-order chi connectivity index (χ0) is 12.2. The molecule has 1 saturated heterocycles. The topological polar surface area (TPSA) is 59.6 Å². The second-order valence-corrected chi connectivity index (χ2v) is 5.09. The molecule has 0 aromatic rings. The van der Waals surface area contributed by atoms with Crippen molar-refractivity contribution in [3.05, 3.63) is 0 Å². The summed E-state index contributed by atoms with van der Waals surface area (Å²) in [6, 6.07) is 0.0774. The van der Waals surface area contributed by atoms with Gasteiger partial charge < -0.3 is 20.1 Å². The maximum atomic E-state index is 11.5. The number of methoxy groups -OCH3 is 1. The molecule has 0 aromatic heterocycles. The Morgan fingerprint density at radius 3 is 2.62 bits per heavy atom. The standard InChI is InChI=1S/C11H22N2O3/c1-11(2,3)16-10(14)13-8-5-9(15-4)7-12-6-8/h8-9,12H,5-7H2,1-4H3,(H,13,14)/t8-,9-/m0/s1. The normalized spacial score (nSPS) is 26.2. The van der Waals surface area contributed by atoms with Crippen LogP contribution in [0.5, 0.6) is 0 Å². The van der Waals surface area contributed by atoms with Gasteiger partial charge in [0.25, 0.3) is 0 Å². The minimum Gasteiger partial charge on any atom is -0.444 e. The lowest BCUT2D eigenvalue weighted by Crippen LogP contribution is -2.51. The van der Waals surface area contributed by atoms with E-state index >= 15 is 0 Å². The number of rotatable bonds is 2. The zero-order valence-electron chi connectivity index (χ0n) is 10.5. The number of amides is 1. The molecule has 0 radical (unpaired) electrons. The molecule has 0 saturated carbocycles. The van der Waals surface area contributed by atoms with Crippen molar-refractivity contribution in [2.24, 2.45) is 0 Å². The van der Waals surface area contributed by atoms with Gasteiger partial charge in [0.1, 0.15) is 5.60 Å². The van der Waals surface area contributed by atoms with Crippen LogP contribution in [0.25, 0.3) is 0 Å². The number of alkyl carbamates (subject to hydrolysis) is 1. The van der Waals surface area contributed by atoms with Crippen LogP contribution in [-0.2, 0) is 9.47 Å². The molecule has 2 atom stereocenters. The first-order chi connectivity index (χ1) is 7.40. The van der Waals surface area contributed by atoms with E-state index in [2.05, 4.69) is 10.6 Å². The number of hydrogen-bond acceptors (Lipinski definition) is 4. The minimum atomic E-state index is -0.452. The molecule has 1 heterocycles. The first-order valence-electron chi connectivity index (χ1n) is 5.64. The second kappa shape index (κ2) is 5.50. The Labute approximate surface area is 96.9 Å². The van der Waals surface area contributed by atoms with Gasteiger partial charge in [-0.1, -0.05) is 0 Å². The van der Waals surface area contributed by atoms with E-state index in [1.165, 1.54) is 0 Å². The summed E-state index contributed by atoms with van der Waals surface area (Å²) in [5.74, 6) is 0. The maximum absolute atomic E-state index is 11.5. The van der Waals surface area contributed by atoms with Crippen LogP contribution in [0, 0.1) is 0 Å². The van der Waals surface area contributed by atoms with Gasteiger partial charge in [-0.2, -0.15) is 0 Å². The van der Waals surface area contributed by atoms with Gasteiger partial charge in [0.05, 0.1) is 6.10 Å². The monoisotopic (exact) mass is 230 g/mol. The van der Waals surface area contributed by atoms with Crippen LogP contribution < -0.4 is 10.6 Å². The van der Waals surface area contributed by atoms with E-state index in [0.717, 1.165) is 19.5 Å². The summed E-state index contributed by atoms with van der Waals surface area (Å²) in [4.78, 5) is 11.5. The molecule has 1 aliphatic rings. The number of hydrogen-bond donors (Lipinski definition) is 2. The fourth-order valence-electron chi connectivity index (χ4n) is 1.67. The van der Waals surface area contributed by atoms with Gasteiger partial charge in [0.15, 0.2) is 0 Å². The van der Waals surface area contributed by atoms with Gasteiger partial charge in [-0.25, -0.2) is 4.79 Å². The average Bonchev–Trinajstić information content (AvgIpc) is 2.15. The Balaban J connectivity index is 2.33. The molecule has 0 bridgehead atoms. The highest BCUT2D eigenvalue weighted by Crippen LogP contribution is 2.09. The van der Waals surface area contributed by atoms with Crippen molar-refractivity contribution in [1.29, 1.82) is 0 Å². The van der Waals surface area contributed by atoms with Crippen LogP contribution >= 0.6 is 0 Å². The van der Waals surface area contributed by atoms with Crippen LogP contribution in [-0.4, -0.2) is 44.0 Å². The van der Waals surface area contributed by atoms with E-state index in [-0.39, 0.29) is 18.2 Å². The van der Waals surface area contributed by atoms with E-state index in [0.29, 0.717) is 0 Å². The Morgan fingerprint density at radius 1 is 1.38 bits per heavy atom. The molecule has 1 aliphatic heterocycles. The molecule has 16 heavy (non-hydrogen) atoms. The summed E-state index contributed by atoms with van der Waals surface area (Å²) in [5.41, 5.74) is -0.452. The summed E-state index contributed by atoms with van der Waals surface area (Å²) in [6.07, 6.45) is 0.618. The lowest BCUT2D eigenvalue weighted by atomic mass is 10.1. The molecular formula is C11H22N2O3. The predicted octanol–water partition coefficient (Wildman–Crippen LogP) is 0.888. The Bertz CT molecular complexity index is 238. The van der Waals surface area contributed by atoms with Crippen molar-refractivity contribution in [2.45, 2.75) is 44.9 Å². The number of ether oxygens (including phenoxy) is 2. The average molecular weight is 230 g/mol. The van der Waals surface area contributed by atoms with Gasteiger partial charge >= 0.3 is 6.09 Å². The summed E-state index contributed by atoms with van der Waals surface area (Å²) in [6.45, 7) is 7.15. The summed E-state index contributed by atoms with van der Waals surface area (Å²) < 4.78 is 10.4. The molecular weight excluding hydrogens is 208 g/mol. The fraction of sp³-hybridized carbons (Fsp3) is 0.909. The number of nitrogens with one attached hydrogen (secondary N) is 2. The Hall–Kier alpha value is -0.810. The third kappa shape index (κ3) is 4.81. The largest absolute Gasteiger partial charge is 0.444 e. The third-order valence-corrected chi connectivity index (χ3v) is 2.36. The van der Waals surface area contributed by atoms with Crippen molar-refractivity contribution in [2.75, 3.05) is 20.2 Å². The van der Waals surface area contributed by atoms with Crippen LogP contribution in [0.2, 0.25) is 0 Å². The van der Waals surface area contributed by atoms with Gasteiger partial charge in [0.2, 0.25) is 0 Å². The quantitative estimate of drug-likeness (QED) is 0.739. The number of carbonyl (C=O) groups excluding carboxylic acids is 1. The highest BCUT2D eigenvalue weighted by Gasteiger charge is 2.24. The Morgan fingerprint density at radius 2 is 2.06 bits per heavy atom.